The van der Waals surface area contributed by atoms with Gasteiger partial charge in [0.2, 0.25) is 0 Å². The topological polar surface area (TPSA) is 79.1 Å². The van der Waals surface area contributed by atoms with Crippen LogP contribution >= 0.6 is 0 Å². The van der Waals surface area contributed by atoms with Gasteiger partial charge < -0.3 is 9.47 Å². The Hall–Kier alpha value is -2.28. The summed E-state index contributed by atoms with van der Waals surface area (Å²) in [6.07, 6.45) is 5.48. The van der Waals surface area contributed by atoms with E-state index >= 15 is 0 Å². The van der Waals surface area contributed by atoms with Crippen LogP contribution in [0, 0.1) is 0 Å². The molecule has 0 N–H and O–H groups in total. The summed E-state index contributed by atoms with van der Waals surface area (Å²) in [5.74, 6) is -0.500. The Morgan fingerprint density at radius 1 is 1.48 bits per heavy atom. The van der Waals surface area contributed by atoms with Gasteiger partial charge in [0.1, 0.15) is 5.69 Å². The normalized spacial score (nSPS) is 17.9. The smallest absolute Gasteiger partial charge is 0.360 e. The van der Waals surface area contributed by atoms with E-state index in [1.54, 1.807) is 17.1 Å². The zero-order valence-electron chi connectivity index (χ0n) is 11.7. The van der Waals surface area contributed by atoms with E-state index in [4.69, 9.17) is 9.47 Å². The molecule has 1 aliphatic heterocycles. The first-order chi connectivity index (χ1) is 10.3. The van der Waals surface area contributed by atoms with Crippen molar-refractivity contribution in [3.05, 3.63) is 30.2 Å². The molecule has 2 aromatic rings. The van der Waals surface area contributed by atoms with Crippen LogP contribution in [-0.2, 0) is 16.0 Å². The van der Waals surface area contributed by atoms with E-state index in [9.17, 15) is 4.79 Å². The molecule has 0 aliphatic carbocycles. The predicted molar refractivity (Wildman–Crippen MR) is 73.6 cm³/mol. The number of pyridine rings is 1. The molecule has 0 bridgehead atoms. The molecule has 1 fully saturated rings. The van der Waals surface area contributed by atoms with E-state index in [1.807, 2.05) is 12.1 Å². The number of nitrogens with zero attached hydrogens (tertiary/aromatic N) is 4. The van der Waals surface area contributed by atoms with Crippen molar-refractivity contribution in [1.29, 1.82) is 0 Å². The summed E-state index contributed by atoms with van der Waals surface area (Å²) in [6.45, 7) is 1.34. The first-order valence-electron chi connectivity index (χ1n) is 6.83. The van der Waals surface area contributed by atoms with Crippen LogP contribution in [0.25, 0.3) is 11.3 Å². The van der Waals surface area contributed by atoms with E-state index < -0.39 is 5.97 Å². The highest BCUT2D eigenvalue weighted by Gasteiger charge is 2.24. The van der Waals surface area contributed by atoms with E-state index in [-0.39, 0.29) is 11.8 Å². The zero-order chi connectivity index (χ0) is 14.7. The van der Waals surface area contributed by atoms with E-state index in [0.29, 0.717) is 12.2 Å². The molecule has 7 nitrogen and oxygen atoms in total. The minimum Gasteiger partial charge on any atom is -0.464 e. The Morgan fingerprint density at radius 2 is 2.29 bits per heavy atom. The average Bonchev–Trinajstić information content (AvgIpc) is 3.17. The molecular formula is C14H16N4O3. The van der Waals surface area contributed by atoms with Gasteiger partial charge in [-0.25, -0.2) is 9.48 Å². The van der Waals surface area contributed by atoms with Crippen molar-refractivity contribution >= 4 is 5.97 Å². The lowest BCUT2D eigenvalue weighted by Gasteiger charge is -2.12. The summed E-state index contributed by atoms with van der Waals surface area (Å²) in [5.41, 5.74) is 1.68. The molecular weight excluding hydrogens is 272 g/mol. The average molecular weight is 288 g/mol. The predicted octanol–water partition coefficient (Wildman–Crippen LogP) is 1.31. The molecule has 3 rings (SSSR count). The second kappa shape index (κ2) is 6.01. The molecule has 0 aromatic carbocycles. The Balaban J connectivity index is 1.99. The van der Waals surface area contributed by atoms with E-state index in [0.717, 1.165) is 25.0 Å². The van der Waals surface area contributed by atoms with Crippen LogP contribution in [0.5, 0.6) is 0 Å². The third-order valence-electron chi connectivity index (χ3n) is 3.47. The van der Waals surface area contributed by atoms with Gasteiger partial charge in [0.05, 0.1) is 19.8 Å². The van der Waals surface area contributed by atoms with Crippen LogP contribution in [0.3, 0.4) is 0 Å². The van der Waals surface area contributed by atoms with Crippen LogP contribution in [0.4, 0.5) is 0 Å². The van der Waals surface area contributed by atoms with Gasteiger partial charge in [-0.05, 0) is 25.0 Å². The number of carbonyl (C=O) groups excluding carboxylic acids is 1. The molecule has 7 heteroatoms. The summed E-state index contributed by atoms with van der Waals surface area (Å²) in [5, 5.41) is 8.06. The SMILES string of the molecule is COC(=O)c1nnn(CC2CCCO2)c1-c1ccncc1. The second-order valence-electron chi connectivity index (χ2n) is 4.83. The molecule has 0 spiro atoms. The van der Waals surface area contributed by atoms with Gasteiger partial charge in [0.25, 0.3) is 0 Å². The largest absolute Gasteiger partial charge is 0.464 e. The maximum Gasteiger partial charge on any atom is 0.360 e. The number of esters is 1. The standard InChI is InChI=1S/C14H16N4O3/c1-20-14(19)12-13(10-4-6-15-7-5-10)18(17-16-12)9-11-3-2-8-21-11/h4-7,11H,2-3,8-9H2,1H3. The quantitative estimate of drug-likeness (QED) is 0.789. The number of carbonyl (C=O) groups is 1. The Kier molecular flexibility index (Phi) is 3.92. The Bertz CT molecular complexity index is 620. The first-order valence-corrected chi connectivity index (χ1v) is 6.83. The third kappa shape index (κ3) is 2.78. The lowest BCUT2D eigenvalue weighted by Crippen LogP contribution is -2.17. The molecule has 2 aromatic heterocycles. The molecule has 0 amide bonds. The molecule has 21 heavy (non-hydrogen) atoms. The highest BCUT2D eigenvalue weighted by Crippen LogP contribution is 2.24. The van der Waals surface area contributed by atoms with Crippen molar-refractivity contribution in [3.8, 4) is 11.3 Å². The second-order valence-corrected chi connectivity index (χ2v) is 4.83. The summed E-state index contributed by atoms with van der Waals surface area (Å²) < 4.78 is 12.1. The molecule has 3 heterocycles. The van der Waals surface area contributed by atoms with Crippen LogP contribution in [-0.4, -0.2) is 45.8 Å². The summed E-state index contributed by atoms with van der Waals surface area (Å²) >= 11 is 0. The van der Waals surface area contributed by atoms with Crippen LogP contribution < -0.4 is 0 Å². The van der Waals surface area contributed by atoms with Crippen molar-refractivity contribution in [3.63, 3.8) is 0 Å². The van der Waals surface area contributed by atoms with Crippen LogP contribution in [0.15, 0.2) is 24.5 Å². The first kappa shape index (κ1) is 13.7. The van der Waals surface area contributed by atoms with Gasteiger partial charge in [-0.2, -0.15) is 0 Å². The van der Waals surface area contributed by atoms with E-state index in [1.165, 1.54) is 7.11 Å². The minimum atomic E-state index is -0.500. The molecule has 1 unspecified atom stereocenters. The van der Waals surface area contributed by atoms with Gasteiger partial charge in [-0.3, -0.25) is 4.98 Å². The number of ether oxygens (including phenoxy) is 2. The van der Waals surface area contributed by atoms with Crippen LogP contribution in [0.2, 0.25) is 0 Å². The maximum atomic E-state index is 11.9. The van der Waals surface area contributed by atoms with Gasteiger partial charge in [-0.1, -0.05) is 5.21 Å². The minimum absolute atomic E-state index is 0.109. The van der Waals surface area contributed by atoms with Gasteiger partial charge >= 0.3 is 5.97 Å². The number of methoxy groups -OCH3 is 1. The summed E-state index contributed by atoms with van der Waals surface area (Å²) in [4.78, 5) is 15.9. The zero-order valence-corrected chi connectivity index (χ0v) is 11.7. The molecule has 110 valence electrons. The fraction of sp³-hybridized carbons (Fsp3) is 0.429. The van der Waals surface area contributed by atoms with Gasteiger partial charge in [0, 0.05) is 24.6 Å². The molecule has 1 aliphatic rings. The van der Waals surface area contributed by atoms with Gasteiger partial charge in [-0.15, -0.1) is 5.10 Å². The van der Waals surface area contributed by atoms with Crippen molar-refractivity contribution in [2.24, 2.45) is 0 Å². The van der Waals surface area contributed by atoms with Crippen molar-refractivity contribution in [2.45, 2.75) is 25.5 Å². The highest BCUT2D eigenvalue weighted by atomic mass is 16.5. The highest BCUT2D eigenvalue weighted by molar-refractivity contribution is 5.93. The monoisotopic (exact) mass is 288 g/mol. The number of rotatable bonds is 4. The van der Waals surface area contributed by atoms with Gasteiger partial charge in [0.15, 0.2) is 5.69 Å². The number of aromatic nitrogens is 4. The molecule has 0 saturated carbocycles. The molecule has 1 atom stereocenters. The van der Waals surface area contributed by atoms with Crippen molar-refractivity contribution in [1.82, 2.24) is 20.0 Å². The number of hydrogen-bond acceptors (Lipinski definition) is 6. The Labute approximate surface area is 121 Å². The maximum absolute atomic E-state index is 11.9. The molecule has 1 saturated heterocycles. The fourth-order valence-electron chi connectivity index (χ4n) is 2.45. The lowest BCUT2D eigenvalue weighted by atomic mass is 10.1. The Morgan fingerprint density at radius 3 is 2.95 bits per heavy atom. The third-order valence-corrected chi connectivity index (χ3v) is 3.47. The summed E-state index contributed by atoms with van der Waals surface area (Å²) in [7, 11) is 1.33. The summed E-state index contributed by atoms with van der Waals surface area (Å²) in [6, 6.07) is 3.63. The number of hydrogen-bond donors (Lipinski definition) is 0. The van der Waals surface area contributed by atoms with E-state index in [2.05, 4.69) is 15.3 Å². The fourth-order valence-corrected chi connectivity index (χ4v) is 2.45. The van der Waals surface area contributed by atoms with Crippen molar-refractivity contribution in [2.75, 3.05) is 13.7 Å². The lowest BCUT2D eigenvalue weighted by molar-refractivity contribution is 0.0594. The van der Waals surface area contributed by atoms with Crippen LogP contribution in [0.1, 0.15) is 23.3 Å². The molecule has 0 radical (unpaired) electrons. The van der Waals surface area contributed by atoms with Crippen molar-refractivity contribution < 1.29 is 14.3 Å².